The molecule has 0 unspecified atom stereocenters. The number of carbonyl (C=O) groups is 3. The number of aromatic carboxylic acids is 1. The summed E-state index contributed by atoms with van der Waals surface area (Å²) in [6, 6.07) is 16.1. The lowest BCUT2D eigenvalue weighted by atomic mass is 10.1. The maximum absolute atomic E-state index is 13.0. The lowest BCUT2D eigenvalue weighted by Crippen LogP contribution is -2.37. The summed E-state index contributed by atoms with van der Waals surface area (Å²) >= 11 is 0. The van der Waals surface area contributed by atoms with Gasteiger partial charge in [-0.05, 0) is 30.3 Å². The molecule has 2 N–H and O–H groups in total. The van der Waals surface area contributed by atoms with E-state index >= 15 is 0 Å². The number of likely N-dealkylation sites (N-methyl/N-ethyl adjacent to an activating group) is 1. The van der Waals surface area contributed by atoms with Gasteiger partial charge in [-0.25, -0.2) is 9.48 Å². The fourth-order valence-corrected chi connectivity index (χ4v) is 3.50. The van der Waals surface area contributed by atoms with E-state index in [1.54, 1.807) is 48.5 Å². The van der Waals surface area contributed by atoms with Gasteiger partial charge in [-0.15, -0.1) is 0 Å². The van der Waals surface area contributed by atoms with Gasteiger partial charge in [0.1, 0.15) is 12.3 Å². The molecule has 0 spiro atoms. The Morgan fingerprint density at radius 2 is 1.74 bits per heavy atom. The van der Waals surface area contributed by atoms with E-state index in [1.165, 1.54) is 30.3 Å². The van der Waals surface area contributed by atoms with Crippen molar-refractivity contribution in [1.29, 1.82) is 0 Å². The smallest absolute Gasteiger partial charge is 0.357 e. The molecule has 0 saturated carbocycles. The van der Waals surface area contributed by atoms with Gasteiger partial charge in [-0.3, -0.25) is 14.4 Å². The monoisotopic (exact) mass is 460 g/mol. The summed E-state index contributed by atoms with van der Waals surface area (Å²) in [7, 11) is 1.46. The standard InChI is InChI=1S/C24H20N4O6/c1-27(19-11-5-4-10-18(19)22(30)25-13-15-7-6-12-34-15)20(29)14-28-23(31)17-9-3-2-8-16(17)21(26-28)24(32)33/h2-12H,13-14H2,1H3,(H,25,30)(H,32,33). The molecule has 0 fully saturated rings. The Hall–Kier alpha value is -4.73. The number of nitrogens with zero attached hydrogens (tertiary/aromatic N) is 3. The number of carbonyl (C=O) groups excluding carboxylic acids is 2. The van der Waals surface area contributed by atoms with Crippen LogP contribution in [-0.2, 0) is 17.9 Å². The van der Waals surface area contributed by atoms with Crippen molar-refractivity contribution < 1.29 is 23.9 Å². The largest absolute Gasteiger partial charge is 0.476 e. The predicted molar refractivity (Wildman–Crippen MR) is 123 cm³/mol. The van der Waals surface area contributed by atoms with E-state index in [4.69, 9.17) is 4.42 Å². The second-order valence-electron chi connectivity index (χ2n) is 7.39. The zero-order valence-corrected chi connectivity index (χ0v) is 18.1. The predicted octanol–water partition coefficient (Wildman–Crippen LogP) is 2.28. The van der Waals surface area contributed by atoms with E-state index in [0.717, 1.165) is 4.68 Å². The summed E-state index contributed by atoms with van der Waals surface area (Å²) in [5.41, 5.74) is -0.359. The van der Waals surface area contributed by atoms with E-state index < -0.39 is 29.9 Å². The number of furan rings is 1. The summed E-state index contributed by atoms with van der Waals surface area (Å²) in [6.07, 6.45) is 1.50. The molecule has 2 aromatic heterocycles. The van der Waals surface area contributed by atoms with Crippen LogP contribution in [0.15, 0.2) is 76.1 Å². The first-order valence-electron chi connectivity index (χ1n) is 10.3. The maximum atomic E-state index is 13.0. The number of aromatic nitrogens is 2. The van der Waals surface area contributed by atoms with Gasteiger partial charge in [-0.1, -0.05) is 30.3 Å². The van der Waals surface area contributed by atoms with Crippen LogP contribution in [0.3, 0.4) is 0 Å². The Labute approximate surface area is 193 Å². The summed E-state index contributed by atoms with van der Waals surface area (Å²) in [5.74, 6) is -1.72. The lowest BCUT2D eigenvalue weighted by molar-refractivity contribution is -0.119. The normalized spacial score (nSPS) is 10.7. The third-order valence-electron chi connectivity index (χ3n) is 5.24. The summed E-state index contributed by atoms with van der Waals surface area (Å²) in [5, 5.41) is 16.5. The minimum absolute atomic E-state index is 0.142. The van der Waals surface area contributed by atoms with E-state index in [0.29, 0.717) is 11.4 Å². The Balaban J connectivity index is 1.60. The Morgan fingerprint density at radius 3 is 2.44 bits per heavy atom. The van der Waals surface area contributed by atoms with Crippen LogP contribution in [0.25, 0.3) is 10.8 Å². The van der Waals surface area contributed by atoms with Gasteiger partial charge in [0.05, 0.1) is 29.4 Å². The van der Waals surface area contributed by atoms with Crippen molar-refractivity contribution in [2.45, 2.75) is 13.1 Å². The molecule has 34 heavy (non-hydrogen) atoms. The average Bonchev–Trinajstić information content (AvgIpc) is 3.37. The molecule has 10 heteroatoms. The van der Waals surface area contributed by atoms with Crippen molar-refractivity contribution >= 4 is 34.2 Å². The number of amides is 2. The number of rotatable bonds is 7. The van der Waals surface area contributed by atoms with Crippen LogP contribution >= 0.6 is 0 Å². The number of carboxylic acid groups (broad SMARTS) is 1. The van der Waals surface area contributed by atoms with Crippen molar-refractivity contribution in [2.75, 3.05) is 11.9 Å². The molecular weight excluding hydrogens is 440 g/mol. The van der Waals surface area contributed by atoms with Crippen LogP contribution < -0.4 is 15.8 Å². The minimum atomic E-state index is -1.32. The van der Waals surface area contributed by atoms with Crippen LogP contribution in [-0.4, -0.2) is 39.7 Å². The first-order chi connectivity index (χ1) is 16.4. The number of fused-ring (bicyclic) bond motifs is 1. The third-order valence-corrected chi connectivity index (χ3v) is 5.24. The first-order valence-corrected chi connectivity index (χ1v) is 10.3. The Morgan fingerprint density at radius 1 is 1.03 bits per heavy atom. The number of hydrogen-bond donors (Lipinski definition) is 2. The maximum Gasteiger partial charge on any atom is 0.357 e. The zero-order valence-electron chi connectivity index (χ0n) is 18.1. The molecule has 2 heterocycles. The molecule has 0 aliphatic rings. The molecule has 0 atom stereocenters. The average molecular weight is 460 g/mol. The van der Waals surface area contributed by atoms with Gasteiger partial charge in [0.2, 0.25) is 5.91 Å². The minimum Gasteiger partial charge on any atom is -0.476 e. The topological polar surface area (TPSA) is 135 Å². The molecule has 2 amide bonds. The highest BCUT2D eigenvalue weighted by atomic mass is 16.4. The summed E-state index contributed by atoms with van der Waals surface area (Å²) in [6.45, 7) is -0.338. The van der Waals surface area contributed by atoms with Crippen molar-refractivity contribution in [1.82, 2.24) is 15.1 Å². The van der Waals surface area contributed by atoms with Gasteiger partial charge in [0.15, 0.2) is 5.69 Å². The van der Waals surface area contributed by atoms with Gasteiger partial charge in [0.25, 0.3) is 11.5 Å². The van der Waals surface area contributed by atoms with E-state index in [2.05, 4.69) is 10.4 Å². The molecule has 2 aromatic carbocycles. The second kappa shape index (κ2) is 9.41. The third kappa shape index (κ3) is 4.42. The quantitative estimate of drug-likeness (QED) is 0.432. The highest BCUT2D eigenvalue weighted by molar-refractivity contribution is 6.05. The number of para-hydroxylation sites is 1. The van der Waals surface area contributed by atoms with E-state index in [1.807, 2.05) is 0 Å². The van der Waals surface area contributed by atoms with Crippen LogP contribution in [0.1, 0.15) is 26.6 Å². The molecular formula is C24H20N4O6. The fraction of sp³-hybridized carbons (Fsp3) is 0.125. The van der Waals surface area contributed by atoms with Crippen molar-refractivity contribution in [3.05, 3.63) is 94.3 Å². The van der Waals surface area contributed by atoms with Gasteiger partial charge < -0.3 is 19.7 Å². The van der Waals surface area contributed by atoms with Crippen LogP contribution in [0, 0.1) is 0 Å². The first kappa shape index (κ1) is 22.5. The van der Waals surface area contributed by atoms with Gasteiger partial charge in [-0.2, -0.15) is 5.10 Å². The molecule has 4 aromatic rings. The molecule has 0 bridgehead atoms. The molecule has 0 radical (unpaired) electrons. The molecule has 4 rings (SSSR count). The van der Waals surface area contributed by atoms with Gasteiger partial charge in [0, 0.05) is 12.4 Å². The number of carboxylic acids is 1. The molecule has 0 saturated heterocycles. The number of nitrogens with one attached hydrogen (secondary N) is 1. The fourth-order valence-electron chi connectivity index (χ4n) is 3.50. The summed E-state index contributed by atoms with van der Waals surface area (Å²) in [4.78, 5) is 51.5. The number of benzene rings is 2. The molecule has 172 valence electrons. The molecule has 10 nitrogen and oxygen atoms in total. The lowest BCUT2D eigenvalue weighted by Gasteiger charge is -2.21. The number of anilines is 1. The van der Waals surface area contributed by atoms with Crippen LogP contribution in [0.2, 0.25) is 0 Å². The highest BCUT2D eigenvalue weighted by Crippen LogP contribution is 2.20. The molecule has 0 aliphatic carbocycles. The van der Waals surface area contributed by atoms with Crippen LogP contribution in [0.4, 0.5) is 5.69 Å². The van der Waals surface area contributed by atoms with Crippen molar-refractivity contribution in [3.8, 4) is 0 Å². The zero-order chi connectivity index (χ0) is 24.2. The van der Waals surface area contributed by atoms with Crippen molar-refractivity contribution in [2.24, 2.45) is 0 Å². The Kier molecular flexibility index (Phi) is 6.22. The van der Waals surface area contributed by atoms with Crippen molar-refractivity contribution in [3.63, 3.8) is 0 Å². The van der Waals surface area contributed by atoms with E-state index in [-0.39, 0.29) is 28.6 Å². The molecule has 0 aliphatic heterocycles. The number of hydrogen-bond acceptors (Lipinski definition) is 6. The van der Waals surface area contributed by atoms with E-state index in [9.17, 15) is 24.3 Å². The van der Waals surface area contributed by atoms with Crippen LogP contribution in [0.5, 0.6) is 0 Å². The summed E-state index contributed by atoms with van der Waals surface area (Å²) < 4.78 is 6.03. The second-order valence-corrected chi connectivity index (χ2v) is 7.39. The highest BCUT2D eigenvalue weighted by Gasteiger charge is 2.21. The Bertz CT molecular complexity index is 1440. The van der Waals surface area contributed by atoms with Gasteiger partial charge >= 0.3 is 5.97 Å². The SMILES string of the molecule is CN(C(=O)Cn1nc(C(=O)O)c2ccccc2c1=O)c1ccccc1C(=O)NCc1ccco1.